The van der Waals surface area contributed by atoms with Gasteiger partial charge in [-0.25, -0.2) is 4.79 Å². The molecule has 1 fully saturated rings. The molecule has 0 aliphatic heterocycles. The molecular formula is C14H18N2O4S. The molecule has 7 heteroatoms. The van der Waals surface area contributed by atoms with Crippen molar-refractivity contribution in [3.63, 3.8) is 0 Å². The maximum atomic E-state index is 12.0. The van der Waals surface area contributed by atoms with E-state index in [-0.39, 0.29) is 24.3 Å². The lowest BCUT2D eigenvalue weighted by atomic mass is 10.3. The van der Waals surface area contributed by atoms with Gasteiger partial charge in [0.15, 0.2) is 0 Å². The molecule has 0 spiro atoms. The van der Waals surface area contributed by atoms with Crippen LogP contribution in [0.5, 0.6) is 0 Å². The van der Waals surface area contributed by atoms with E-state index in [1.54, 1.807) is 26.0 Å². The average Bonchev–Trinajstić information content (AvgIpc) is 3.19. The standard InChI is InChI=1S/C14H18N2O4S/c1-3-20-14(19)8(2)15-13(18)10-6-7-11(21-10)16-12(17)9-4-5-9/h6-9H,3-5H2,1-2H3,(H,15,18)(H,16,17). The van der Waals surface area contributed by atoms with Crippen LogP contribution >= 0.6 is 11.3 Å². The largest absolute Gasteiger partial charge is 0.464 e. The molecule has 1 aromatic rings. The molecule has 1 atom stereocenters. The van der Waals surface area contributed by atoms with Crippen LogP contribution in [0.4, 0.5) is 5.00 Å². The highest BCUT2D eigenvalue weighted by Crippen LogP contribution is 2.31. The molecule has 1 heterocycles. The van der Waals surface area contributed by atoms with Crippen molar-refractivity contribution in [1.29, 1.82) is 0 Å². The minimum atomic E-state index is -0.705. The van der Waals surface area contributed by atoms with Crippen LogP contribution in [-0.2, 0) is 14.3 Å². The van der Waals surface area contributed by atoms with Crippen LogP contribution in [0.2, 0.25) is 0 Å². The van der Waals surface area contributed by atoms with Crippen molar-refractivity contribution in [3.8, 4) is 0 Å². The normalized spacial score (nSPS) is 15.1. The molecule has 0 saturated heterocycles. The number of carbonyl (C=O) groups is 3. The van der Waals surface area contributed by atoms with E-state index in [1.807, 2.05) is 0 Å². The number of anilines is 1. The lowest BCUT2D eigenvalue weighted by Gasteiger charge is -2.11. The average molecular weight is 310 g/mol. The summed E-state index contributed by atoms with van der Waals surface area (Å²) >= 11 is 1.19. The first-order valence-electron chi connectivity index (χ1n) is 6.89. The zero-order valence-corrected chi connectivity index (χ0v) is 12.8. The molecule has 1 saturated carbocycles. The molecule has 1 aromatic heterocycles. The molecule has 21 heavy (non-hydrogen) atoms. The minimum Gasteiger partial charge on any atom is -0.464 e. The fourth-order valence-corrected chi connectivity index (χ4v) is 2.50. The molecule has 114 valence electrons. The number of esters is 1. The number of nitrogens with one attached hydrogen (secondary N) is 2. The van der Waals surface area contributed by atoms with Gasteiger partial charge in [-0.05, 0) is 38.8 Å². The SMILES string of the molecule is CCOC(=O)C(C)NC(=O)c1ccc(NC(=O)C2CC2)s1. The minimum absolute atomic E-state index is 0.00343. The Bertz CT molecular complexity index is 551. The second-order valence-electron chi connectivity index (χ2n) is 4.87. The molecule has 0 aromatic carbocycles. The van der Waals surface area contributed by atoms with Crippen molar-refractivity contribution in [2.24, 2.45) is 5.92 Å². The summed E-state index contributed by atoms with van der Waals surface area (Å²) in [7, 11) is 0. The Kier molecular flexibility index (Phi) is 4.95. The van der Waals surface area contributed by atoms with E-state index >= 15 is 0 Å². The maximum Gasteiger partial charge on any atom is 0.328 e. The van der Waals surface area contributed by atoms with Crippen LogP contribution in [0, 0.1) is 5.92 Å². The van der Waals surface area contributed by atoms with Crippen LogP contribution in [-0.4, -0.2) is 30.4 Å². The molecule has 6 nitrogen and oxygen atoms in total. The molecule has 2 rings (SSSR count). The summed E-state index contributed by atoms with van der Waals surface area (Å²) in [6.07, 6.45) is 1.86. The Labute approximate surface area is 126 Å². The number of hydrogen-bond donors (Lipinski definition) is 2. The Hall–Kier alpha value is -1.89. The summed E-state index contributed by atoms with van der Waals surface area (Å²) in [6, 6.07) is 2.61. The molecule has 2 amide bonds. The van der Waals surface area contributed by atoms with Gasteiger partial charge in [0.25, 0.3) is 5.91 Å². The van der Waals surface area contributed by atoms with Crippen molar-refractivity contribution in [2.45, 2.75) is 32.7 Å². The van der Waals surface area contributed by atoms with Gasteiger partial charge in [-0.15, -0.1) is 11.3 Å². The first-order valence-corrected chi connectivity index (χ1v) is 7.71. The third kappa shape index (κ3) is 4.29. The van der Waals surface area contributed by atoms with Crippen LogP contribution in [0.25, 0.3) is 0 Å². The zero-order chi connectivity index (χ0) is 15.4. The predicted octanol–water partition coefficient (Wildman–Crippen LogP) is 1.78. The summed E-state index contributed by atoms with van der Waals surface area (Å²) in [5, 5.41) is 5.99. The van der Waals surface area contributed by atoms with Crippen molar-refractivity contribution in [1.82, 2.24) is 5.32 Å². The molecule has 1 unspecified atom stereocenters. The maximum absolute atomic E-state index is 12.0. The van der Waals surface area contributed by atoms with Gasteiger partial charge in [0.1, 0.15) is 6.04 Å². The van der Waals surface area contributed by atoms with Gasteiger partial charge in [-0.2, -0.15) is 0 Å². The van der Waals surface area contributed by atoms with Gasteiger partial charge in [0.2, 0.25) is 5.91 Å². The van der Waals surface area contributed by atoms with Crippen molar-refractivity contribution in [2.75, 3.05) is 11.9 Å². The number of ether oxygens (including phenoxy) is 1. The van der Waals surface area contributed by atoms with E-state index in [9.17, 15) is 14.4 Å². The second-order valence-corrected chi connectivity index (χ2v) is 5.96. The topological polar surface area (TPSA) is 84.5 Å². The predicted molar refractivity (Wildman–Crippen MR) is 79.2 cm³/mol. The highest BCUT2D eigenvalue weighted by molar-refractivity contribution is 7.18. The Morgan fingerprint density at radius 2 is 2.10 bits per heavy atom. The van der Waals surface area contributed by atoms with Gasteiger partial charge in [-0.1, -0.05) is 0 Å². The van der Waals surface area contributed by atoms with Crippen LogP contribution in [0.3, 0.4) is 0 Å². The molecule has 0 radical (unpaired) electrons. The molecule has 1 aliphatic carbocycles. The second kappa shape index (κ2) is 6.71. The Balaban J connectivity index is 1.89. The summed E-state index contributed by atoms with van der Waals surface area (Å²) in [5.74, 6) is -0.700. The van der Waals surface area contributed by atoms with Gasteiger partial charge < -0.3 is 15.4 Å². The fourth-order valence-electron chi connectivity index (χ4n) is 1.69. The van der Waals surface area contributed by atoms with Gasteiger partial charge >= 0.3 is 5.97 Å². The van der Waals surface area contributed by atoms with Gasteiger partial charge in [-0.3, -0.25) is 9.59 Å². The lowest BCUT2D eigenvalue weighted by molar-refractivity contribution is -0.144. The summed E-state index contributed by atoms with van der Waals surface area (Å²) in [4.78, 5) is 35.5. The van der Waals surface area contributed by atoms with Crippen molar-refractivity contribution >= 4 is 34.1 Å². The first kappa shape index (κ1) is 15.5. The van der Waals surface area contributed by atoms with E-state index < -0.39 is 12.0 Å². The highest BCUT2D eigenvalue weighted by atomic mass is 32.1. The third-order valence-electron chi connectivity index (χ3n) is 3.01. The van der Waals surface area contributed by atoms with Gasteiger partial charge in [0, 0.05) is 5.92 Å². The van der Waals surface area contributed by atoms with Crippen molar-refractivity contribution in [3.05, 3.63) is 17.0 Å². The zero-order valence-electron chi connectivity index (χ0n) is 12.0. The number of carbonyl (C=O) groups excluding carboxylic acids is 3. The Morgan fingerprint density at radius 1 is 1.38 bits per heavy atom. The molecular weight excluding hydrogens is 292 g/mol. The number of rotatable bonds is 6. The van der Waals surface area contributed by atoms with E-state index in [4.69, 9.17) is 4.74 Å². The van der Waals surface area contributed by atoms with Crippen LogP contribution in [0.15, 0.2) is 12.1 Å². The third-order valence-corrected chi connectivity index (χ3v) is 4.01. The fraction of sp³-hybridized carbons (Fsp3) is 0.500. The van der Waals surface area contributed by atoms with Crippen LogP contribution in [0.1, 0.15) is 36.4 Å². The number of amides is 2. The number of thiophene rings is 1. The number of hydrogen-bond acceptors (Lipinski definition) is 5. The monoisotopic (exact) mass is 310 g/mol. The smallest absolute Gasteiger partial charge is 0.328 e. The van der Waals surface area contributed by atoms with E-state index in [1.165, 1.54) is 11.3 Å². The molecule has 1 aliphatic rings. The summed E-state index contributed by atoms with van der Waals surface area (Å²) in [6.45, 7) is 3.55. The Morgan fingerprint density at radius 3 is 2.71 bits per heavy atom. The van der Waals surface area contributed by atoms with E-state index in [2.05, 4.69) is 10.6 Å². The lowest BCUT2D eigenvalue weighted by Crippen LogP contribution is -2.39. The van der Waals surface area contributed by atoms with E-state index in [0.29, 0.717) is 9.88 Å². The first-order chi connectivity index (χ1) is 10.0. The quantitative estimate of drug-likeness (QED) is 0.784. The van der Waals surface area contributed by atoms with Gasteiger partial charge in [0.05, 0.1) is 16.5 Å². The summed E-state index contributed by atoms with van der Waals surface area (Å²) < 4.78 is 4.82. The molecule has 2 N–H and O–H groups in total. The van der Waals surface area contributed by atoms with E-state index in [0.717, 1.165) is 12.8 Å². The van der Waals surface area contributed by atoms with Crippen LogP contribution < -0.4 is 10.6 Å². The highest BCUT2D eigenvalue weighted by Gasteiger charge is 2.30. The molecule has 0 bridgehead atoms. The van der Waals surface area contributed by atoms with Crippen molar-refractivity contribution < 1.29 is 19.1 Å². The summed E-state index contributed by atoms with van der Waals surface area (Å²) in [5.41, 5.74) is 0.